The average Bonchev–Trinajstić information content (AvgIpc) is 2.77. The van der Waals surface area contributed by atoms with Gasteiger partial charge in [0.05, 0.1) is 11.4 Å². The number of rotatable bonds is 4. The molecule has 2 heterocycles. The van der Waals surface area contributed by atoms with Crippen molar-refractivity contribution in [3.63, 3.8) is 0 Å². The zero-order chi connectivity index (χ0) is 21.1. The van der Waals surface area contributed by atoms with Gasteiger partial charge in [-0.15, -0.1) is 11.8 Å². The van der Waals surface area contributed by atoms with Crippen LogP contribution in [0.4, 0.5) is 15.8 Å². The fraction of sp³-hybridized carbons (Fsp3) is 0.318. The molecule has 1 unspecified atom stereocenters. The van der Waals surface area contributed by atoms with Crippen LogP contribution in [0, 0.1) is 5.82 Å². The van der Waals surface area contributed by atoms with Gasteiger partial charge in [-0.25, -0.2) is 4.39 Å². The molecule has 1 saturated heterocycles. The fourth-order valence-electron chi connectivity index (χ4n) is 3.71. The summed E-state index contributed by atoms with van der Waals surface area (Å²) in [4.78, 5) is 42.7. The highest BCUT2D eigenvalue weighted by molar-refractivity contribution is 8.01. The number of benzene rings is 2. The Bertz CT molecular complexity index is 978. The standard InChI is InChI=1S/C22H22FN3O3S/c23-15-8-2-3-9-16(15)24-19(27)14-26-17-10-4-5-11-18(17)30-20(22(26)29)21(28)25-12-6-1-7-13-25/h2-5,8-11,20H,1,6-7,12-14H2,(H,24,27). The van der Waals surface area contributed by atoms with Crippen LogP contribution in [-0.4, -0.2) is 47.5 Å². The van der Waals surface area contributed by atoms with E-state index in [-0.39, 0.29) is 18.1 Å². The van der Waals surface area contributed by atoms with Crippen LogP contribution in [-0.2, 0) is 14.4 Å². The largest absolute Gasteiger partial charge is 0.341 e. The highest BCUT2D eigenvalue weighted by Gasteiger charge is 2.41. The SMILES string of the molecule is O=C(CN1C(=O)C(C(=O)N2CCCCC2)Sc2ccccc21)Nc1ccccc1F. The molecular weight excluding hydrogens is 405 g/mol. The van der Waals surface area contributed by atoms with Gasteiger partial charge >= 0.3 is 0 Å². The number of nitrogens with zero attached hydrogens (tertiary/aromatic N) is 2. The molecule has 2 aliphatic rings. The normalized spacial score (nSPS) is 18.7. The fourth-order valence-corrected chi connectivity index (χ4v) is 4.90. The van der Waals surface area contributed by atoms with E-state index in [0.29, 0.717) is 18.8 Å². The summed E-state index contributed by atoms with van der Waals surface area (Å²) in [6, 6.07) is 13.1. The van der Waals surface area contributed by atoms with Crippen LogP contribution in [0.25, 0.3) is 0 Å². The number of piperidine rings is 1. The minimum absolute atomic E-state index is 0.0514. The predicted octanol–water partition coefficient (Wildman–Crippen LogP) is 3.28. The van der Waals surface area contributed by atoms with Gasteiger partial charge < -0.3 is 15.1 Å². The van der Waals surface area contributed by atoms with Crippen LogP contribution in [0.15, 0.2) is 53.4 Å². The summed E-state index contributed by atoms with van der Waals surface area (Å²) in [5.41, 5.74) is 0.634. The number of halogens is 1. The van der Waals surface area contributed by atoms with E-state index in [0.717, 1.165) is 24.2 Å². The number of hydrogen-bond donors (Lipinski definition) is 1. The maximum absolute atomic E-state index is 13.9. The Morgan fingerprint density at radius 3 is 2.50 bits per heavy atom. The van der Waals surface area contributed by atoms with Crippen LogP contribution >= 0.6 is 11.8 Å². The van der Waals surface area contributed by atoms with Gasteiger partial charge in [-0.3, -0.25) is 14.4 Å². The Kier molecular flexibility index (Phi) is 6.03. The molecule has 3 amide bonds. The molecular formula is C22H22FN3O3S. The van der Waals surface area contributed by atoms with Gasteiger partial charge in [0.1, 0.15) is 12.4 Å². The number of anilines is 2. The second-order valence-electron chi connectivity index (χ2n) is 7.30. The number of likely N-dealkylation sites (tertiary alicyclic amines) is 1. The molecule has 0 spiro atoms. The minimum Gasteiger partial charge on any atom is -0.341 e. The zero-order valence-corrected chi connectivity index (χ0v) is 17.2. The van der Waals surface area contributed by atoms with Crippen molar-refractivity contribution in [1.82, 2.24) is 4.90 Å². The lowest BCUT2D eigenvalue weighted by Crippen LogP contribution is -2.52. The quantitative estimate of drug-likeness (QED) is 0.761. The zero-order valence-electron chi connectivity index (χ0n) is 16.3. The minimum atomic E-state index is -0.917. The molecule has 156 valence electrons. The van der Waals surface area contributed by atoms with Crippen molar-refractivity contribution in [2.45, 2.75) is 29.4 Å². The van der Waals surface area contributed by atoms with Gasteiger partial charge in [0.25, 0.3) is 5.91 Å². The molecule has 2 aromatic rings. The number of hydrogen-bond acceptors (Lipinski definition) is 4. The second-order valence-corrected chi connectivity index (χ2v) is 8.45. The molecule has 1 N–H and O–H groups in total. The first-order chi connectivity index (χ1) is 14.5. The summed E-state index contributed by atoms with van der Waals surface area (Å²) in [6.07, 6.45) is 2.95. The van der Waals surface area contributed by atoms with Crippen molar-refractivity contribution in [3.8, 4) is 0 Å². The number of amides is 3. The Morgan fingerprint density at radius 1 is 1.03 bits per heavy atom. The molecule has 2 aliphatic heterocycles. The summed E-state index contributed by atoms with van der Waals surface area (Å²) in [6.45, 7) is 1.01. The number of carbonyl (C=O) groups excluding carboxylic acids is 3. The monoisotopic (exact) mass is 427 g/mol. The molecule has 2 aromatic carbocycles. The van der Waals surface area contributed by atoms with Crippen LogP contribution in [0.3, 0.4) is 0 Å². The molecule has 0 radical (unpaired) electrons. The van der Waals surface area contributed by atoms with Crippen LogP contribution < -0.4 is 10.2 Å². The Labute approximate surface area is 178 Å². The van der Waals surface area contributed by atoms with Gasteiger partial charge in [-0.1, -0.05) is 24.3 Å². The molecule has 0 saturated carbocycles. The molecule has 4 rings (SSSR count). The van der Waals surface area contributed by atoms with E-state index in [4.69, 9.17) is 0 Å². The summed E-state index contributed by atoms with van der Waals surface area (Å²) >= 11 is 1.23. The predicted molar refractivity (Wildman–Crippen MR) is 114 cm³/mol. The van der Waals surface area contributed by atoms with Crippen LogP contribution in [0.1, 0.15) is 19.3 Å². The maximum atomic E-state index is 13.9. The van der Waals surface area contributed by atoms with Gasteiger partial charge in [0.15, 0.2) is 5.25 Å². The van der Waals surface area contributed by atoms with Gasteiger partial charge in [0, 0.05) is 18.0 Å². The number of para-hydroxylation sites is 2. The number of carbonyl (C=O) groups is 3. The molecule has 30 heavy (non-hydrogen) atoms. The lowest BCUT2D eigenvalue weighted by molar-refractivity contribution is -0.135. The Morgan fingerprint density at radius 2 is 1.73 bits per heavy atom. The topological polar surface area (TPSA) is 69.7 Å². The van der Waals surface area contributed by atoms with Crippen molar-refractivity contribution < 1.29 is 18.8 Å². The lowest BCUT2D eigenvalue weighted by Gasteiger charge is -2.36. The smallest absolute Gasteiger partial charge is 0.250 e. The van der Waals surface area contributed by atoms with E-state index in [1.807, 2.05) is 12.1 Å². The van der Waals surface area contributed by atoms with Crippen molar-refractivity contribution >= 4 is 40.9 Å². The van der Waals surface area contributed by atoms with E-state index in [9.17, 15) is 18.8 Å². The van der Waals surface area contributed by atoms with Gasteiger partial charge in [0.2, 0.25) is 11.8 Å². The molecule has 8 heteroatoms. The van der Waals surface area contributed by atoms with Crippen molar-refractivity contribution in [2.75, 3.05) is 29.9 Å². The molecule has 1 atom stereocenters. The van der Waals surface area contributed by atoms with Crippen LogP contribution in [0.5, 0.6) is 0 Å². The lowest BCUT2D eigenvalue weighted by atomic mass is 10.1. The second kappa shape index (κ2) is 8.87. The molecule has 1 fully saturated rings. The van der Waals surface area contributed by atoms with Crippen molar-refractivity contribution in [3.05, 3.63) is 54.3 Å². The van der Waals surface area contributed by atoms with E-state index in [2.05, 4.69) is 5.32 Å². The third-order valence-electron chi connectivity index (χ3n) is 5.23. The third kappa shape index (κ3) is 4.18. The molecule has 0 aliphatic carbocycles. The number of nitrogens with one attached hydrogen (secondary N) is 1. The van der Waals surface area contributed by atoms with E-state index in [1.165, 1.54) is 34.9 Å². The first kappa shape index (κ1) is 20.4. The number of fused-ring (bicyclic) bond motifs is 1. The summed E-state index contributed by atoms with van der Waals surface area (Å²) < 4.78 is 13.9. The van der Waals surface area contributed by atoms with Crippen LogP contribution in [0.2, 0.25) is 0 Å². The van der Waals surface area contributed by atoms with Crippen molar-refractivity contribution in [2.24, 2.45) is 0 Å². The first-order valence-corrected chi connectivity index (χ1v) is 10.8. The Balaban J connectivity index is 1.56. The summed E-state index contributed by atoms with van der Waals surface area (Å²) in [5, 5.41) is 1.59. The van der Waals surface area contributed by atoms with Gasteiger partial charge in [-0.05, 0) is 43.5 Å². The average molecular weight is 428 g/mol. The maximum Gasteiger partial charge on any atom is 0.250 e. The summed E-state index contributed by atoms with van der Waals surface area (Å²) in [7, 11) is 0. The third-order valence-corrected chi connectivity index (χ3v) is 6.47. The molecule has 0 bridgehead atoms. The molecule has 0 aromatic heterocycles. The van der Waals surface area contributed by atoms with Gasteiger partial charge in [-0.2, -0.15) is 0 Å². The highest BCUT2D eigenvalue weighted by Crippen LogP contribution is 2.40. The molecule has 6 nitrogen and oxygen atoms in total. The number of thioether (sulfide) groups is 1. The summed E-state index contributed by atoms with van der Waals surface area (Å²) in [5.74, 6) is -1.71. The van der Waals surface area contributed by atoms with E-state index < -0.39 is 22.9 Å². The first-order valence-electron chi connectivity index (χ1n) is 9.95. The Hall–Kier alpha value is -2.87. The van der Waals surface area contributed by atoms with E-state index in [1.54, 1.807) is 23.1 Å². The van der Waals surface area contributed by atoms with E-state index >= 15 is 0 Å². The van der Waals surface area contributed by atoms with Crippen molar-refractivity contribution in [1.29, 1.82) is 0 Å². The highest BCUT2D eigenvalue weighted by atomic mass is 32.2.